The van der Waals surface area contributed by atoms with Crippen LogP contribution < -0.4 is 5.32 Å². The number of ether oxygens (including phenoxy) is 1. The molecule has 3 nitrogen and oxygen atoms in total. The van der Waals surface area contributed by atoms with Gasteiger partial charge < -0.3 is 14.6 Å². The Balaban J connectivity index is 1.88. The zero-order valence-corrected chi connectivity index (χ0v) is 11.7. The minimum atomic E-state index is 0.236. The van der Waals surface area contributed by atoms with E-state index in [0.29, 0.717) is 0 Å². The average Bonchev–Trinajstić information content (AvgIpc) is 3.17. The van der Waals surface area contributed by atoms with Gasteiger partial charge in [-0.2, -0.15) is 0 Å². The first kappa shape index (κ1) is 12.7. The molecule has 1 N–H and O–H groups in total. The fourth-order valence-corrected chi connectivity index (χ4v) is 2.53. The molecular formula is C16H22N2O. The van der Waals surface area contributed by atoms with Gasteiger partial charge in [0.2, 0.25) is 0 Å². The highest BCUT2D eigenvalue weighted by Gasteiger charge is 2.20. The van der Waals surface area contributed by atoms with Crippen molar-refractivity contribution in [3.63, 3.8) is 0 Å². The van der Waals surface area contributed by atoms with Crippen LogP contribution in [0.5, 0.6) is 0 Å². The van der Waals surface area contributed by atoms with Gasteiger partial charge in [0.15, 0.2) is 0 Å². The predicted molar refractivity (Wildman–Crippen MR) is 78.3 cm³/mol. The maximum Gasteiger partial charge on any atom is 0.0722 e. The van der Waals surface area contributed by atoms with Crippen molar-refractivity contribution in [2.24, 2.45) is 0 Å². The standard InChI is InChI=1S/C16H22N2O/c1-12(19-2)11-18-9-8-13-4-3-5-14(16(13)18)10-17-15-6-7-15/h3-5,8-9,12,15,17H,6-7,10-11H2,1-2H3. The summed E-state index contributed by atoms with van der Waals surface area (Å²) in [7, 11) is 1.77. The Bertz CT molecular complexity index is 557. The number of aromatic nitrogens is 1. The Hall–Kier alpha value is -1.32. The van der Waals surface area contributed by atoms with Gasteiger partial charge in [-0.25, -0.2) is 0 Å². The lowest BCUT2D eigenvalue weighted by Crippen LogP contribution is -2.17. The third kappa shape index (κ3) is 2.82. The Morgan fingerprint density at radius 3 is 2.95 bits per heavy atom. The quantitative estimate of drug-likeness (QED) is 0.862. The molecule has 1 unspecified atom stereocenters. The van der Waals surface area contributed by atoms with Gasteiger partial charge in [-0.15, -0.1) is 0 Å². The van der Waals surface area contributed by atoms with Crippen molar-refractivity contribution < 1.29 is 4.74 Å². The first-order chi connectivity index (χ1) is 9.28. The average molecular weight is 258 g/mol. The summed E-state index contributed by atoms with van der Waals surface area (Å²) < 4.78 is 7.70. The van der Waals surface area contributed by atoms with Crippen molar-refractivity contribution in [2.75, 3.05) is 7.11 Å². The Morgan fingerprint density at radius 2 is 2.21 bits per heavy atom. The fraction of sp³-hybridized carbons (Fsp3) is 0.500. The van der Waals surface area contributed by atoms with E-state index in [1.807, 2.05) is 0 Å². The number of nitrogens with zero attached hydrogens (tertiary/aromatic N) is 1. The van der Waals surface area contributed by atoms with E-state index in [2.05, 4.69) is 47.3 Å². The Morgan fingerprint density at radius 1 is 1.37 bits per heavy atom. The van der Waals surface area contributed by atoms with Crippen LogP contribution in [0.25, 0.3) is 10.9 Å². The molecule has 1 fully saturated rings. The minimum absolute atomic E-state index is 0.236. The summed E-state index contributed by atoms with van der Waals surface area (Å²) in [6, 6.07) is 9.50. The molecule has 2 aromatic rings. The zero-order chi connectivity index (χ0) is 13.2. The van der Waals surface area contributed by atoms with E-state index in [-0.39, 0.29) is 6.10 Å². The number of para-hydroxylation sites is 1. The lowest BCUT2D eigenvalue weighted by molar-refractivity contribution is 0.104. The molecule has 0 spiro atoms. The van der Waals surface area contributed by atoms with Gasteiger partial charge in [-0.3, -0.25) is 0 Å². The molecule has 1 aliphatic rings. The van der Waals surface area contributed by atoms with Crippen molar-refractivity contribution in [2.45, 2.75) is 45.0 Å². The number of nitrogens with one attached hydrogen (secondary N) is 1. The summed E-state index contributed by atoms with van der Waals surface area (Å²) in [5.41, 5.74) is 2.73. The third-order valence-electron chi connectivity index (χ3n) is 3.89. The highest BCUT2D eigenvalue weighted by atomic mass is 16.5. The summed E-state index contributed by atoms with van der Waals surface area (Å²) in [4.78, 5) is 0. The second kappa shape index (κ2) is 5.35. The molecule has 0 bridgehead atoms. The van der Waals surface area contributed by atoms with E-state index < -0.39 is 0 Å². The molecule has 19 heavy (non-hydrogen) atoms. The van der Waals surface area contributed by atoms with Gasteiger partial charge in [0, 0.05) is 32.4 Å². The van der Waals surface area contributed by atoms with Crippen LogP contribution in [0, 0.1) is 0 Å². The number of hydrogen-bond acceptors (Lipinski definition) is 2. The summed E-state index contributed by atoms with van der Waals surface area (Å²) >= 11 is 0. The number of rotatable bonds is 6. The summed E-state index contributed by atoms with van der Waals surface area (Å²) in [6.07, 6.45) is 5.07. The van der Waals surface area contributed by atoms with Gasteiger partial charge in [0.25, 0.3) is 0 Å². The van der Waals surface area contributed by atoms with Gasteiger partial charge in [0.05, 0.1) is 11.6 Å². The predicted octanol–water partition coefficient (Wildman–Crippen LogP) is 2.93. The molecule has 0 amide bonds. The monoisotopic (exact) mass is 258 g/mol. The van der Waals surface area contributed by atoms with E-state index in [0.717, 1.165) is 19.1 Å². The maximum absolute atomic E-state index is 5.38. The fourth-order valence-electron chi connectivity index (χ4n) is 2.53. The lowest BCUT2D eigenvalue weighted by atomic mass is 10.1. The molecule has 1 saturated carbocycles. The Kier molecular flexibility index (Phi) is 3.58. The molecule has 1 heterocycles. The van der Waals surface area contributed by atoms with Crippen LogP contribution in [0.3, 0.4) is 0 Å². The summed E-state index contributed by atoms with van der Waals surface area (Å²) in [5, 5.41) is 4.92. The maximum atomic E-state index is 5.38. The van der Waals surface area contributed by atoms with Crippen LogP contribution in [0.15, 0.2) is 30.5 Å². The molecule has 3 rings (SSSR count). The van der Waals surface area contributed by atoms with Gasteiger partial charge >= 0.3 is 0 Å². The molecular weight excluding hydrogens is 236 g/mol. The SMILES string of the molecule is COC(C)Cn1ccc2cccc(CNC3CC3)c21. The molecule has 102 valence electrons. The normalized spacial score (nSPS) is 16.9. The molecule has 1 atom stereocenters. The molecule has 0 saturated heterocycles. The van der Waals surface area contributed by atoms with E-state index in [1.165, 1.54) is 29.3 Å². The van der Waals surface area contributed by atoms with E-state index in [9.17, 15) is 0 Å². The van der Waals surface area contributed by atoms with E-state index in [4.69, 9.17) is 4.74 Å². The largest absolute Gasteiger partial charge is 0.380 e. The van der Waals surface area contributed by atoms with Crippen LogP contribution in [-0.2, 0) is 17.8 Å². The number of benzene rings is 1. The number of hydrogen-bond donors (Lipinski definition) is 1. The summed E-state index contributed by atoms with van der Waals surface area (Å²) in [6.45, 7) is 3.98. The minimum Gasteiger partial charge on any atom is -0.380 e. The summed E-state index contributed by atoms with van der Waals surface area (Å²) in [5.74, 6) is 0. The van der Waals surface area contributed by atoms with E-state index >= 15 is 0 Å². The van der Waals surface area contributed by atoms with Crippen molar-refractivity contribution in [3.05, 3.63) is 36.0 Å². The van der Waals surface area contributed by atoms with Gasteiger partial charge in [-0.1, -0.05) is 18.2 Å². The smallest absolute Gasteiger partial charge is 0.0722 e. The van der Waals surface area contributed by atoms with Crippen molar-refractivity contribution in [1.82, 2.24) is 9.88 Å². The van der Waals surface area contributed by atoms with Crippen LogP contribution in [0.1, 0.15) is 25.3 Å². The van der Waals surface area contributed by atoms with Crippen molar-refractivity contribution >= 4 is 10.9 Å². The number of methoxy groups -OCH3 is 1. The molecule has 3 heteroatoms. The highest BCUT2D eigenvalue weighted by molar-refractivity contribution is 5.83. The van der Waals surface area contributed by atoms with Crippen molar-refractivity contribution in [1.29, 1.82) is 0 Å². The first-order valence-electron chi connectivity index (χ1n) is 7.11. The van der Waals surface area contributed by atoms with Crippen LogP contribution in [-0.4, -0.2) is 23.8 Å². The Labute approximate surface area is 114 Å². The highest BCUT2D eigenvalue weighted by Crippen LogP contribution is 2.23. The molecule has 1 aromatic heterocycles. The van der Waals surface area contributed by atoms with Crippen LogP contribution in [0.4, 0.5) is 0 Å². The number of fused-ring (bicyclic) bond motifs is 1. The first-order valence-corrected chi connectivity index (χ1v) is 7.11. The van der Waals surface area contributed by atoms with Gasteiger partial charge in [0.1, 0.15) is 0 Å². The topological polar surface area (TPSA) is 26.2 Å². The lowest BCUT2D eigenvalue weighted by Gasteiger charge is -2.14. The van der Waals surface area contributed by atoms with Crippen molar-refractivity contribution in [3.8, 4) is 0 Å². The molecule has 1 aromatic carbocycles. The third-order valence-corrected chi connectivity index (χ3v) is 3.89. The molecule has 0 aliphatic heterocycles. The molecule has 0 radical (unpaired) electrons. The van der Waals surface area contributed by atoms with E-state index in [1.54, 1.807) is 7.11 Å². The van der Waals surface area contributed by atoms with Crippen LogP contribution in [0.2, 0.25) is 0 Å². The second-order valence-corrected chi connectivity index (χ2v) is 5.52. The molecule has 1 aliphatic carbocycles. The second-order valence-electron chi connectivity index (χ2n) is 5.52. The zero-order valence-electron chi connectivity index (χ0n) is 11.7. The van der Waals surface area contributed by atoms with Gasteiger partial charge in [-0.05, 0) is 36.8 Å². The van der Waals surface area contributed by atoms with Crippen LogP contribution >= 0.6 is 0 Å².